The Bertz CT molecular complexity index is 397. The van der Waals surface area contributed by atoms with Gasteiger partial charge in [0.2, 0.25) is 0 Å². The van der Waals surface area contributed by atoms with Gasteiger partial charge in [-0.3, -0.25) is 0 Å². The fraction of sp³-hybridized carbons (Fsp3) is 0.533. The highest BCUT2D eigenvalue weighted by atomic mass is 16.2. The van der Waals surface area contributed by atoms with Crippen LogP contribution in [0.2, 0.25) is 0 Å². The quantitative estimate of drug-likeness (QED) is 0.839. The zero-order chi connectivity index (χ0) is 12.8. The highest BCUT2D eigenvalue weighted by molar-refractivity contribution is 5.89. The van der Waals surface area contributed by atoms with Gasteiger partial charge < -0.3 is 10.6 Å². The summed E-state index contributed by atoms with van der Waals surface area (Å²) in [5.74, 6) is 0.668. The zero-order valence-corrected chi connectivity index (χ0v) is 11.0. The second kappa shape index (κ2) is 6.43. The molecule has 2 N–H and O–H groups in total. The summed E-state index contributed by atoms with van der Waals surface area (Å²) in [5.41, 5.74) is 1.98. The Morgan fingerprint density at radius 1 is 1.22 bits per heavy atom. The number of urea groups is 1. The summed E-state index contributed by atoms with van der Waals surface area (Å²) in [6.07, 6.45) is 6.48. The molecule has 1 aliphatic carbocycles. The Labute approximate surface area is 109 Å². The van der Waals surface area contributed by atoms with E-state index < -0.39 is 0 Å². The van der Waals surface area contributed by atoms with Gasteiger partial charge in [-0.05, 0) is 37.3 Å². The van der Waals surface area contributed by atoms with E-state index in [2.05, 4.69) is 10.6 Å². The molecule has 1 aromatic carbocycles. The molecule has 0 spiro atoms. The third-order valence-electron chi connectivity index (χ3n) is 3.67. The summed E-state index contributed by atoms with van der Waals surface area (Å²) in [6.45, 7) is 2.80. The predicted octanol–water partition coefficient (Wildman–Crippen LogP) is 3.70. The van der Waals surface area contributed by atoms with Gasteiger partial charge >= 0.3 is 6.03 Å². The van der Waals surface area contributed by atoms with Crippen LogP contribution in [0, 0.1) is 12.8 Å². The monoisotopic (exact) mass is 246 g/mol. The Kier molecular flexibility index (Phi) is 4.62. The van der Waals surface area contributed by atoms with E-state index in [0.29, 0.717) is 5.92 Å². The summed E-state index contributed by atoms with van der Waals surface area (Å²) in [4.78, 5) is 11.8. The minimum atomic E-state index is -0.0881. The van der Waals surface area contributed by atoms with Crippen LogP contribution < -0.4 is 10.6 Å². The molecule has 1 saturated carbocycles. The number of rotatable bonds is 3. The van der Waals surface area contributed by atoms with E-state index in [1.165, 1.54) is 32.1 Å². The molecule has 0 atom stereocenters. The highest BCUT2D eigenvalue weighted by Gasteiger charge is 2.14. The minimum absolute atomic E-state index is 0.0881. The van der Waals surface area contributed by atoms with Crippen molar-refractivity contribution in [2.45, 2.75) is 39.0 Å². The smallest absolute Gasteiger partial charge is 0.319 e. The molecule has 2 rings (SSSR count). The normalized spacial score (nSPS) is 16.3. The number of para-hydroxylation sites is 1. The SMILES string of the molecule is Cc1ccccc1NC(=O)NCC1CCCCC1. The first-order valence-electron chi connectivity index (χ1n) is 6.86. The van der Waals surface area contributed by atoms with Crippen molar-refractivity contribution in [3.8, 4) is 0 Å². The lowest BCUT2D eigenvalue weighted by Crippen LogP contribution is -2.33. The van der Waals surface area contributed by atoms with Gasteiger partial charge in [-0.15, -0.1) is 0 Å². The van der Waals surface area contributed by atoms with Gasteiger partial charge in [-0.25, -0.2) is 4.79 Å². The highest BCUT2D eigenvalue weighted by Crippen LogP contribution is 2.22. The van der Waals surface area contributed by atoms with Gasteiger partial charge in [-0.2, -0.15) is 0 Å². The largest absolute Gasteiger partial charge is 0.338 e. The number of carbonyl (C=O) groups is 1. The first kappa shape index (κ1) is 12.9. The molecule has 18 heavy (non-hydrogen) atoms. The van der Waals surface area contributed by atoms with Crippen molar-refractivity contribution in [1.82, 2.24) is 5.32 Å². The molecule has 0 aliphatic heterocycles. The van der Waals surface area contributed by atoms with E-state index in [0.717, 1.165) is 17.8 Å². The van der Waals surface area contributed by atoms with Crippen molar-refractivity contribution in [3.63, 3.8) is 0 Å². The molecule has 1 aliphatic rings. The zero-order valence-electron chi connectivity index (χ0n) is 11.0. The number of aryl methyl sites for hydroxylation is 1. The van der Waals surface area contributed by atoms with Gasteiger partial charge in [-0.1, -0.05) is 37.5 Å². The first-order chi connectivity index (χ1) is 8.75. The maximum absolute atomic E-state index is 11.8. The summed E-state index contributed by atoms with van der Waals surface area (Å²) in [6, 6.07) is 7.74. The maximum Gasteiger partial charge on any atom is 0.319 e. The molecular formula is C15H22N2O. The van der Waals surface area contributed by atoms with Gasteiger partial charge in [0.15, 0.2) is 0 Å². The van der Waals surface area contributed by atoms with E-state index in [4.69, 9.17) is 0 Å². The Hall–Kier alpha value is -1.51. The molecule has 2 amide bonds. The second-order valence-electron chi connectivity index (χ2n) is 5.15. The van der Waals surface area contributed by atoms with Crippen molar-refractivity contribution < 1.29 is 4.79 Å². The topological polar surface area (TPSA) is 41.1 Å². The van der Waals surface area contributed by atoms with E-state index in [1.807, 2.05) is 31.2 Å². The summed E-state index contributed by atoms with van der Waals surface area (Å²) >= 11 is 0. The average molecular weight is 246 g/mol. The number of hydrogen-bond donors (Lipinski definition) is 2. The summed E-state index contributed by atoms with van der Waals surface area (Å²) in [5, 5.41) is 5.88. The molecule has 98 valence electrons. The number of anilines is 1. The molecule has 0 aromatic heterocycles. The summed E-state index contributed by atoms with van der Waals surface area (Å²) < 4.78 is 0. The number of nitrogens with one attached hydrogen (secondary N) is 2. The summed E-state index contributed by atoms with van der Waals surface area (Å²) in [7, 11) is 0. The lowest BCUT2D eigenvalue weighted by molar-refractivity contribution is 0.247. The fourth-order valence-corrected chi connectivity index (χ4v) is 2.51. The number of amides is 2. The molecule has 1 fully saturated rings. The predicted molar refractivity (Wildman–Crippen MR) is 74.8 cm³/mol. The van der Waals surface area contributed by atoms with Crippen molar-refractivity contribution in [2.24, 2.45) is 5.92 Å². The van der Waals surface area contributed by atoms with Crippen LogP contribution in [0.5, 0.6) is 0 Å². The van der Waals surface area contributed by atoms with Crippen molar-refractivity contribution in [1.29, 1.82) is 0 Å². The second-order valence-corrected chi connectivity index (χ2v) is 5.15. The van der Waals surface area contributed by atoms with Gasteiger partial charge in [0.05, 0.1) is 0 Å². The Morgan fingerprint density at radius 2 is 1.94 bits per heavy atom. The number of hydrogen-bond acceptors (Lipinski definition) is 1. The van der Waals surface area contributed by atoms with Gasteiger partial charge in [0.1, 0.15) is 0 Å². The number of benzene rings is 1. The first-order valence-corrected chi connectivity index (χ1v) is 6.86. The Morgan fingerprint density at radius 3 is 2.67 bits per heavy atom. The third kappa shape index (κ3) is 3.76. The molecule has 0 unspecified atom stereocenters. The van der Waals surface area contributed by atoms with E-state index in [9.17, 15) is 4.79 Å². The molecule has 0 bridgehead atoms. The van der Waals surface area contributed by atoms with Gasteiger partial charge in [0.25, 0.3) is 0 Å². The van der Waals surface area contributed by atoms with Crippen LogP contribution >= 0.6 is 0 Å². The van der Waals surface area contributed by atoms with E-state index in [-0.39, 0.29) is 6.03 Å². The van der Waals surface area contributed by atoms with Crippen LogP contribution in [0.3, 0.4) is 0 Å². The minimum Gasteiger partial charge on any atom is -0.338 e. The van der Waals surface area contributed by atoms with Gasteiger partial charge in [0, 0.05) is 12.2 Å². The molecule has 0 heterocycles. The molecule has 1 aromatic rings. The fourth-order valence-electron chi connectivity index (χ4n) is 2.51. The lowest BCUT2D eigenvalue weighted by atomic mass is 9.89. The van der Waals surface area contributed by atoms with Crippen molar-refractivity contribution in [3.05, 3.63) is 29.8 Å². The van der Waals surface area contributed by atoms with Crippen LogP contribution in [0.25, 0.3) is 0 Å². The molecular weight excluding hydrogens is 224 g/mol. The van der Waals surface area contributed by atoms with Crippen LogP contribution in [0.1, 0.15) is 37.7 Å². The van der Waals surface area contributed by atoms with Crippen LogP contribution in [0.4, 0.5) is 10.5 Å². The average Bonchev–Trinajstić information content (AvgIpc) is 2.40. The van der Waals surface area contributed by atoms with Crippen LogP contribution in [-0.2, 0) is 0 Å². The maximum atomic E-state index is 11.8. The lowest BCUT2D eigenvalue weighted by Gasteiger charge is -2.21. The third-order valence-corrected chi connectivity index (χ3v) is 3.67. The molecule has 0 radical (unpaired) electrons. The number of carbonyl (C=O) groups excluding carboxylic acids is 1. The molecule has 3 heteroatoms. The van der Waals surface area contributed by atoms with Crippen molar-refractivity contribution >= 4 is 11.7 Å². The molecule has 0 saturated heterocycles. The van der Waals surface area contributed by atoms with E-state index in [1.54, 1.807) is 0 Å². The van der Waals surface area contributed by atoms with Crippen LogP contribution in [-0.4, -0.2) is 12.6 Å². The Balaban J connectivity index is 1.76. The standard InChI is InChI=1S/C15H22N2O/c1-12-7-5-6-10-14(12)17-15(18)16-11-13-8-3-2-4-9-13/h5-7,10,13H,2-4,8-9,11H2,1H3,(H2,16,17,18). The molecule has 3 nitrogen and oxygen atoms in total. The van der Waals surface area contributed by atoms with Crippen LogP contribution in [0.15, 0.2) is 24.3 Å². The van der Waals surface area contributed by atoms with Crippen molar-refractivity contribution in [2.75, 3.05) is 11.9 Å². The van der Waals surface area contributed by atoms with E-state index >= 15 is 0 Å².